The van der Waals surface area contributed by atoms with Gasteiger partial charge in [0.1, 0.15) is 0 Å². The number of aliphatic hydroxyl groups is 1. The SMILES string of the molecule is C[C@H](CO)CC1CC1. The van der Waals surface area contributed by atoms with Crippen LogP contribution in [0.1, 0.15) is 26.2 Å². The van der Waals surface area contributed by atoms with Crippen molar-refractivity contribution in [2.24, 2.45) is 11.8 Å². The van der Waals surface area contributed by atoms with E-state index in [0.29, 0.717) is 12.5 Å². The Morgan fingerprint density at radius 3 is 2.62 bits per heavy atom. The highest BCUT2D eigenvalue weighted by Gasteiger charge is 2.22. The fourth-order valence-corrected chi connectivity index (χ4v) is 0.997. The minimum absolute atomic E-state index is 0.372. The van der Waals surface area contributed by atoms with E-state index < -0.39 is 0 Å². The molecule has 1 saturated carbocycles. The molecule has 0 aromatic carbocycles. The second kappa shape index (κ2) is 2.49. The molecule has 1 aliphatic carbocycles. The second-order valence-electron chi connectivity index (χ2n) is 2.97. The van der Waals surface area contributed by atoms with Crippen molar-refractivity contribution in [2.45, 2.75) is 26.2 Å². The molecule has 0 aromatic heterocycles. The van der Waals surface area contributed by atoms with Crippen molar-refractivity contribution in [3.63, 3.8) is 0 Å². The Hall–Kier alpha value is -0.0400. The third kappa shape index (κ3) is 1.83. The van der Waals surface area contributed by atoms with Crippen molar-refractivity contribution in [3.05, 3.63) is 0 Å². The van der Waals surface area contributed by atoms with E-state index in [4.69, 9.17) is 5.11 Å². The van der Waals surface area contributed by atoms with E-state index in [1.165, 1.54) is 19.3 Å². The molecule has 0 unspecified atom stereocenters. The average Bonchev–Trinajstić information content (AvgIpc) is 2.50. The van der Waals surface area contributed by atoms with Crippen molar-refractivity contribution in [1.29, 1.82) is 0 Å². The predicted octanol–water partition coefficient (Wildman–Crippen LogP) is 1.41. The highest BCUT2D eigenvalue weighted by molar-refractivity contribution is 4.74. The van der Waals surface area contributed by atoms with Gasteiger partial charge in [-0.25, -0.2) is 0 Å². The Morgan fingerprint density at radius 1 is 1.62 bits per heavy atom. The molecule has 0 aromatic rings. The van der Waals surface area contributed by atoms with Crippen LogP contribution in [0.15, 0.2) is 0 Å². The lowest BCUT2D eigenvalue weighted by atomic mass is 10.1. The van der Waals surface area contributed by atoms with E-state index in [2.05, 4.69) is 6.92 Å². The normalized spacial score (nSPS) is 23.2. The van der Waals surface area contributed by atoms with Crippen LogP contribution in [0.25, 0.3) is 0 Å². The molecule has 0 saturated heterocycles. The fraction of sp³-hybridized carbons (Fsp3) is 1.00. The summed E-state index contributed by atoms with van der Waals surface area (Å²) < 4.78 is 0. The quantitative estimate of drug-likeness (QED) is 0.588. The summed E-state index contributed by atoms with van der Waals surface area (Å²) in [6, 6.07) is 0. The van der Waals surface area contributed by atoms with Gasteiger partial charge in [0.25, 0.3) is 0 Å². The number of aliphatic hydroxyl groups excluding tert-OH is 1. The number of rotatable bonds is 3. The van der Waals surface area contributed by atoms with Gasteiger partial charge in [-0.1, -0.05) is 19.8 Å². The maximum atomic E-state index is 8.61. The van der Waals surface area contributed by atoms with Crippen LogP contribution in [0.4, 0.5) is 0 Å². The van der Waals surface area contributed by atoms with Gasteiger partial charge in [0.15, 0.2) is 0 Å². The van der Waals surface area contributed by atoms with Crippen LogP contribution < -0.4 is 0 Å². The number of hydrogen-bond acceptors (Lipinski definition) is 1. The van der Waals surface area contributed by atoms with Gasteiger partial charge < -0.3 is 5.11 Å². The first-order chi connectivity index (χ1) is 3.83. The van der Waals surface area contributed by atoms with Crippen LogP contribution in [0, 0.1) is 11.8 Å². The van der Waals surface area contributed by atoms with Crippen LogP contribution in [-0.2, 0) is 0 Å². The molecule has 1 heteroatoms. The van der Waals surface area contributed by atoms with E-state index in [9.17, 15) is 0 Å². The molecule has 1 rings (SSSR count). The van der Waals surface area contributed by atoms with Crippen LogP contribution in [-0.4, -0.2) is 11.7 Å². The van der Waals surface area contributed by atoms with E-state index >= 15 is 0 Å². The Morgan fingerprint density at radius 2 is 2.25 bits per heavy atom. The lowest BCUT2D eigenvalue weighted by Crippen LogP contribution is -2.00. The summed E-state index contributed by atoms with van der Waals surface area (Å²) in [4.78, 5) is 0. The lowest BCUT2D eigenvalue weighted by molar-refractivity contribution is 0.225. The minimum atomic E-state index is 0.372. The summed E-state index contributed by atoms with van der Waals surface area (Å²) in [7, 11) is 0. The van der Waals surface area contributed by atoms with Gasteiger partial charge in [-0.05, 0) is 18.3 Å². The maximum absolute atomic E-state index is 8.61. The molecule has 0 amide bonds. The second-order valence-corrected chi connectivity index (χ2v) is 2.97. The summed E-state index contributed by atoms with van der Waals surface area (Å²) in [5, 5.41) is 8.61. The monoisotopic (exact) mass is 114 g/mol. The largest absolute Gasteiger partial charge is 0.396 e. The Bertz CT molecular complexity index is 66.8. The van der Waals surface area contributed by atoms with Gasteiger partial charge in [0.05, 0.1) is 0 Å². The zero-order valence-electron chi connectivity index (χ0n) is 5.43. The first-order valence-corrected chi connectivity index (χ1v) is 3.43. The molecule has 1 atom stereocenters. The Balaban J connectivity index is 1.98. The molecule has 0 spiro atoms. The van der Waals surface area contributed by atoms with Crippen LogP contribution in [0.3, 0.4) is 0 Å². The molecule has 0 bridgehead atoms. The molecule has 1 fully saturated rings. The zero-order valence-corrected chi connectivity index (χ0v) is 5.43. The number of hydrogen-bond donors (Lipinski definition) is 1. The summed E-state index contributed by atoms with van der Waals surface area (Å²) >= 11 is 0. The van der Waals surface area contributed by atoms with Gasteiger partial charge in [-0.15, -0.1) is 0 Å². The molecule has 0 radical (unpaired) electrons. The average molecular weight is 114 g/mol. The van der Waals surface area contributed by atoms with Crippen molar-refractivity contribution in [1.82, 2.24) is 0 Å². The van der Waals surface area contributed by atoms with Crippen LogP contribution in [0.2, 0.25) is 0 Å². The van der Waals surface area contributed by atoms with Gasteiger partial charge in [-0.2, -0.15) is 0 Å². The highest BCUT2D eigenvalue weighted by Crippen LogP contribution is 2.34. The Kier molecular flexibility index (Phi) is 1.90. The van der Waals surface area contributed by atoms with Crippen molar-refractivity contribution in [2.75, 3.05) is 6.61 Å². The first-order valence-electron chi connectivity index (χ1n) is 3.43. The smallest absolute Gasteiger partial charge is 0.0456 e. The molecule has 1 aliphatic rings. The maximum Gasteiger partial charge on any atom is 0.0456 e. The standard InChI is InChI=1S/C7H14O/c1-6(5-8)4-7-2-3-7/h6-8H,2-5H2,1H3/t6-/m0/s1. The Labute approximate surface area is 50.7 Å². The van der Waals surface area contributed by atoms with Crippen LogP contribution >= 0.6 is 0 Å². The molecule has 0 heterocycles. The third-order valence-corrected chi connectivity index (χ3v) is 1.74. The predicted molar refractivity (Wildman–Crippen MR) is 33.6 cm³/mol. The molecule has 8 heavy (non-hydrogen) atoms. The van der Waals surface area contributed by atoms with Gasteiger partial charge in [-0.3, -0.25) is 0 Å². The van der Waals surface area contributed by atoms with Gasteiger partial charge >= 0.3 is 0 Å². The minimum Gasteiger partial charge on any atom is -0.396 e. The topological polar surface area (TPSA) is 20.2 Å². The molecule has 1 N–H and O–H groups in total. The third-order valence-electron chi connectivity index (χ3n) is 1.74. The first kappa shape index (κ1) is 6.09. The summed E-state index contributed by atoms with van der Waals surface area (Å²) in [5.74, 6) is 1.51. The summed E-state index contributed by atoms with van der Waals surface area (Å²) in [6.45, 7) is 2.48. The van der Waals surface area contributed by atoms with E-state index in [1.54, 1.807) is 0 Å². The van der Waals surface area contributed by atoms with Crippen molar-refractivity contribution < 1.29 is 5.11 Å². The van der Waals surface area contributed by atoms with E-state index in [-0.39, 0.29) is 0 Å². The van der Waals surface area contributed by atoms with E-state index in [1.807, 2.05) is 0 Å². The summed E-state index contributed by atoms with van der Waals surface area (Å²) in [6.07, 6.45) is 4.06. The van der Waals surface area contributed by atoms with Gasteiger partial charge in [0, 0.05) is 6.61 Å². The van der Waals surface area contributed by atoms with Crippen molar-refractivity contribution in [3.8, 4) is 0 Å². The lowest BCUT2D eigenvalue weighted by Gasteiger charge is -2.03. The van der Waals surface area contributed by atoms with Crippen LogP contribution in [0.5, 0.6) is 0 Å². The molecule has 48 valence electrons. The summed E-state index contributed by atoms with van der Waals surface area (Å²) in [5.41, 5.74) is 0. The zero-order chi connectivity index (χ0) is 5.98. The van der Waals surface area contributed by atoms with Crippen molar-refractivity contribution >= 4 is 0 Å². The highest BCUT2D eigenvalue weighted by atomic mass is 16.3. The van der Waals surface area contributed by atoms with E-state index in [0.717, 1.165) is 5.92 Å². The fourth-order valence-electron chi connectivity index (χ4n) is 0.997. The van der Waals surface area contributed by atoms with Gasteiger partial charge in [0.2, 0.25) is 0 Å². The molecule has 1 nitrogen and oxygen atoms in total. The molecular weight excluding hydrogens is 100 g/mol. The molecule has 0 aliphatic heterocycles. The molecular formula is C7H14O.